The van der Waals surface area contributed by atoms with Crippen molar-refractivity contribution in [3.63, 3.8) is 0 Å². The molecule has 1 aromatic rings. The van der Waals surface area contributed by atoms with Crippen LogP contribution >= 0.6 is 22.6 Å². The monoisotopic (exact) mass is 449 g/mol. The molecule has 1 aliphatic rings. The molecule has 0 bridgehead atoms. The molecule has 2 rings (SSSR count). The molecule has 0 N–H and O–H groups in total. The average Bonchev–Trinajstić information content (AvgIpc) is 2.37. The van der Waals surface area contributed by atoms with E-state index in [4.69, 9.17) is 4.74 Å². The van der Waals surface area contributed by atoms with Gasteiger partial charge in [-0.15, -0.1) is 17.3 Å². The van der Waals surface area contributed by atoms with Gasteiger partial charge < -0.3 is 9.64 Å². The van der Waals surface area contributed by atoms with Crippen molar-refractivity contribution in [2.24, 2.45) is 0 Å². The number of allylic oxidation sites excluding steroid dienone is 1. The minimum atomic E-state index is -0.414. The first-order valence-electron chi connectivity index (χ1n) is 5.41. The Labute approximate surface area is 150 Å². The second kappa shape index (κ2) is 7.13. The van der Waals surface area contributed by atoms with Gasteiger partial charge in [-0.2, -0.15) is 0 Å². The van der Waals surface area contributed by atoms with Crippen molar-refractivity contribution in [2.75, 3.05) is 14.2 Å². The molecule has 1 aromatic carbocycles. The summed E-state index contributed by atoms with van der Waals surface area (Å²) in [7, 11) is 3.12. The molecule has 0 saturated heterocycles. The van der Waals surface area contributed by atoms with Gasteiger partial charge in [0.25, 0.3) is 0 Å². The third kappa shape index (κ3) is 3.55. The van der Waals surface area contributed by atoms with Crippen LogP contribution in [0.15, 0.2) is 18.2 Å². The Balaban J connectivity index is 0.00000180. The Morgan fingerprint density at radius 1 is 1.53 bits per heavy atom. The van der Waals surface area contributed by atoms with Crippen LogP contribution in [-0.4, -0.2) is 28.9 Å². The zero-order valence-corrected chi connectivity index (χ0v) is 15.6. The van der Waals surface area contributed by atoms with E-state index in [1.165, 1.54) is 18.1 Å². The molecule has 1 radical (unpaired) electrons. The predicted octanol–water partition coefficient (Wildman–Crippen LogP) is 2.64. The molecule has 0 aromatic heterocycles. The number of carbonyl (C=O) groups is 1. The molecule has 6 heteroatoms. The third-order valence-electron chi connectivity index (χ3n) is 2.81. The zero-order valence-electron chi connectivity index (χ0n) is 10.6. The maximum Gasteiger partial charge on any atom is 0.235 e. The normalized spacial score (nSPS) is 18.7. The summed E-state index contributed by atoms with van der Waals surface area (Å²) in [5.74, 6) is 0.0105. The van der Waals surface area contributed by atoms with Crippen LogP contribution < -0.4 is 4.74 Å². The fourth-order valence-electron chi connectivity index (χ4n) is 1.80. The van der Waals surface area contributed by atoms with Gasteiger partial charge in [0.1, 0.15) is 5.75 Å². The van der Waals surface area contributed by atoms with Gasteiger partial charge >= 0.3 is 0 Å². The number of rotatable bonds is 2. The van der Waals surface area contributed by atoms with Crippen LogP contribution in [0.1, 0.15) is 12.0 Å². The van der Waals surface area contributed by atoms with Crippen LogP contribution in [0.2, 0.25) is 0 Å². The summed E-state index contributed by atoms with van der Waals surface area (Å²) < 4.78 is 18.8. The summed E-state index contributed by atoms with van der Waals surface area (Å²) in [6.45, 7) is 0. The van der Waals surface area contributed by atoms with E-state index in [-0.39, 0.29) is 42.5 Å². The van der Waals surface area contributed by atoms with Crippen LogP contribution in [0.25, 0.3) is 5.70 Å². The number of hydrogen-bond donors (Lipinski definition) is 0. The maximum absolute atomic E-state index is 13.9. The number of hydrogen-bond acceptors (Lipinski definition) is 2. The number of benzene rings is 1. The van der Waals surface area contributed by atoms with Gasteiger partial charge in [0.15, 0.2) is 0 Å². The van der Waals surface area contributed by atoms with Crippen LogP contribution in [0, 0.1) is 11.9 Å². The van der Waals surface area contributed by atoms with Crippen molar-refractivity contribution >= 4 is 34.2 Å². The molecule has 1 atom stereocenters. The fraction of sp³-hybridized carbons (Fsp3) is 0.308. The maximum atomic E-state index is 13.9. The number of methoxy groups -OCH3 is 1. The fourth-order valence-corrected chi connectivity index (χ4v) is 2.44. The molecule has 99 valence electrons. The number of carbonyl (C=O) groups excluding carboxylic acids is 1. The molecule has 3 nitrogen and oxygen atoms in total. The molecule has 0 fully saturated rings. The van der Waals surface area contributed by atoms with Crippen LogP contribution in [0.5, 0.6) is 5.75 Å². The summed E-state index contributed by atoms with van der Waals surface area (Å²) in [4.78, 5) is 13.3. The molecule has 0 spiro atoms. The van der Waals surface area contributed by atoms with Crippen molar-refractivity contribution in [2.45, 2.75) is 10.3 Å². The van der Waals surface area contributed by atoms with Crippen molar-refractivity contribution in [3.05, 3.63) is 35.7 Å². The van der Waals surface area contributed by atoms with E-state index < -0.39 is 5.82 Å². The van der Waals surface area contributed by atoms with Crippen molar-refractivity contribution < 1.29 is 46.6 Å². The van der Waals surface area contributed by atoms with E-state index in [2.05, 4.69) is 28.7 Å². The summed E-state index contributed by atoms with van der Waals surface area (Å²) >= 11 is 2.07. The summed E-state index contributed by atoms with van der Waals surface area (Å²) in [6.07, 6.45) is 3.58. The van der Waals surface area contributed by atoms with E-state index in [0.29, 0.717) is 23.4 Å². The predicted molar refractivity (Wildman–Crippen MR) is 74.8 cm³/mol. The minimum Gasteiger partial charge on any atom is -0.497 e. The minimum absolute atomic E-state index is 0. The van der Waals surface area contributed by atoms with Gasteiger partial charge in [0.2, 0.25) is 5.91 Å². The summed E-state index contributed by atoms with van der Waals surface area (Å²) in [5.41, 5.74) is 0.864. The van der Waals surface area contributed by atoms with E-state index in [9.17, 15) is 9.18 Å². The van der Waals surface area contributed by atoms with Gasteiger partial charge in [-0.1, -0.05) is 29.0 Å². The first-order chi connectivity index (χ1) is 8.54. The standard InChI is InChI=1S/C13H12FINO2.Y/c1-16-12(6-5-11(15)13(16)17)9-4-3-8(18-2)7-10(9)14;/h3-4,7,11H,5H2,1-2H3;/q-1;. The van der Waals surface area contributed by atoms with Gasteiger partial charge in [0, 0.05) is 39.8 Å². The number of alkyl halides is 1. The average molecular weight is 449 g/mol. The van der Waals surface area contributed by atoms with E-state index >= 15 is 0 Å². The smallest absolute Gasteiger partial charge is 0.235 e. The second-order valence-corrected chi connectivity index (χ2v) is 5.44. The van der Waals surface area contributed by atoms with Gasteiger partial charge in [0.05, 0.1) is 16.9 Å². The van der Waals surface area contributed by atoms with Crippen molar-refractivity contribution in [1.82, 2.24) is 4.90 Å². The number of amides is 1. The molecular weight excluding hydrogens is 437 g/mol. The quantitative estimate of drug-likeness (QED) is 0.395. The van der Waals surface area contributed by atoms with Crippen molar-refractivity contribution in [3.8, 4) is 5.75 Å². The molecule has 0 aliphatic carbocycles. The SMILES string of the molecule is COc1ccc(C2=[C-]CC(I)C(=O)N2C)c(F)c1.[Y]. The first-order valence-corrected chi connectivity index (χ1v) is 6.65. The van der Waals surface area contributed by atoms with E-state index in [0.717, 1.165) is 0 Å². The molecule has 1 amide bonds. The van der Waals surface area contributed by atoms with Gasteiger partial charge in [-0.3, -0.25) is 4.79 Å². The van der Waals surface area contributed by atoms with Crippen LogP contribution in [0.4, 0.5) is 4.39 Å². The first kappa shape index (κ1) is 17.0. The Hall–Kier alpha value is -0.00610. The molecule has 0 saturated carbocycles. The molecule has 1 aliphatic heterocycles. The molecule has 1 heterocycles. The second-order valence-electron chi connectivity index (χ2n) is 3.94. The van der Waals surface area contributed by atoms with E-state index in [1.54, 1.807) is 19.2 Å². The number of nitrogens with zero attached hydrogens (tertiary/aromatic N) is 1. The zero-order chi connectivity index (χ0) is 13.3. The molecule has 19 heavy (non-hydrogen) atoms. The van der Waals surface area contributed by atoms with E-state index in [1.807, 2.05) is 0 Å². The van der Waals surface area contributed by atoms with Crippen molar-refractivity contribution in [1.29, 1.82) is 0 Å². The summed E-state index contributed by atoms with van der Waals surface area (Å²) in [6, 6.07) is 4.58. The van der Waals surface area contributed by atoms with Crippen LogP contribution in [-0.2, 0) is 37.5 Å². The topological polar surface area (TPSA) is 29.5 Å². The number of halogens is 2. The largest absolute Gasteiger partial charge is 0.497 e. The molecular formula is C13H12FINO2Y-. The number of ether oxygens (including phenoxy) is 1. The third-order valence-corrected chi connectivity index (χ3v) is 3.79. The Bertz CT molecular complexity index is 521. The Morgan fingerprint density at radius 3 is 2.79 bits per heavy atom. The summed E-state index contributed by atoms with van der Waals surface area (Å²) in [5, 5.41) is 0. The van der Waals surface area contributed by atoms with Crippen LogP contribution in [0.3, 0.4) is 0 Å². The van der Waals surface area contributed by atoms with Gasteiger partial charge in [-0.05, 0) is 12.1 Å². The Kier molecular flexibility index (Phi) is 6.40. The molecule has 1 unspecified atom stereocenters. The van der Waals surface area contributed by atoms with Gasteiger partial charge in [-0.25, -0.2) is 10.5 Å². The Morgan fingerprint density at radius 2 is 2.21 bits per heavy atom.